The van der Waals surface area contributed by atoms with Crippen LogP contribution in [0.2, 0.25) is 0 Å². The molecule has 2 N–H and O–H groups in total. The lowest BCUT2D eigenvalue weighted by Gasteiger charge is -2.15. The van der Waals surface area contributed by atoms with E-state index in [1.165, 1.54) is 44.8 Å². The van der Waals surface area contributed by atoms with Crippen LogP contribution in [0.4, 0.5) is 5.69 Å². The second-order valence-corrected chi connectivity index (χ2v) is 5.57. The number of hydrogen-bond acceptors (Lipinski definition) is 3. The van der Waals surface area contributed by atoms with Crippen molar-refractivity contribution in [3.63, 3.8) is 0 Å². The van der Waals surface area contributed by atoms with Crippen LogP contribution in [0.3, 0.4) is 0 Å². The molecule has 0 bridgehead atoms. The normalized spacial score (nSPS) is 10.6. The molecule has 1 rings (SSSR count). The van der Waals surface area contributed by atoms with Gasteiger partial charge in [-0.1, -0.05) is 45.6 Å². The van der Waals surface area contributed by atoms with Crippen LogP contribution in [0.5, 0.6) is 0 Å². The molecule has 0 amide bonds. The van der Waals surface area contributed by atoms with Crippen LogP contribution in [0.15, 0.2) is 12.1 Å². The van der Waals surface area contributed by atoms with E-state index in [2.05, 4.69) is 19.9 Å². The van der Waals surface area contributed by atoms with Crippen molar-refractivity contribution in [2.45, 2.75) is 65.2 Å². The largest absolute Gasteiger partial charge is 0.465 e. The number of carbonyl (C=O) groups is 1. The van der Waals surface area contributed by atoms with E-state index in [0.29, 0.717) is 11.3 Å². The zero-order valence-electron chi connectivity index (χ0n) is 13.7. The average Bonchev–Trinajstić information content (AvgIpc) is 2.49. The number of methoxy groups -OCH3 is 1. The smallest absolute Gasteiger partial charge is 0.339 e. The molecule has 0 spiro atoms. The number of nitrogen functional groups attached to an aromatic ring is 1. The molecule has 0 atom stereocenters. The molecule has 1 aromatic rings. The zero-order valence-corrected chi connectivity index (χ0v) is 13.7. The lowest BCUT2D eigenvalue weighted by atomic mass is 9.93. The number of esters is 1. The summed E-state index contributed by atoms with van der Waals surface area (Å²) >= 11 is 0. The topological polar surface area (TPSA) is 52.3 Å². The second-order valence-electron chi connectivity index (χ2n) is 5.57. The molecule has 3 heteroatoms. The highest BCUT2D eigenvalue weighted by Crippen LogP contribution is 2.26. The van der Waals surface area contributed by atoms with Gasteiger partial charge in [-0.25, -0.2) is 4.79 Å². The summed E-state index contributed by atoms with van der Waals surface area (Å²) in [6, 6.07) is 3.87. The summed E-state index contributed by atoms with van der Waals surface area (Å²) in [5.74, 6) is -0.343. The lowest BCUT2D eigenvalue weighted by molar-refractivity contribution is 0.0602. The maximum atomic E-state index is 11.8. The molecule has 3 nitrogen and oxygen atoms in total. The first-order valence-corrected chi connectivity index (χ1v) is 8.14. The van der Waals surface area contributed by atoms with Gasteiger partial charge in [-0.2, -0.15) is 0 Å². The molecule has 0 unspecified atom stereocenters. The van der Waals surface area contributed by atoms with Crippen LogP contribution in [-0.2, 0) is 17.6 Å². The van der Waals surface area contributed by atoms with Gasteiger partial charge in [0.25, 0.3) is 0 Å². The summed E-state index contributed by atoms with van der Waals surface area (Å²) in [5, 5.41) is 0. The van der Waals surface area contributed by atoms with Crippen molar-refractivity contribution in [3.05, 3.63) is 28.8 Å². The molecule has 0 aromatic heterocycles. The number of rotatable bonds is 9. The molecular formula is C18H29NO2. The highest BCUT2D eigenvalue weighted by molar-refractivity contribution is 5.96. The number of nitrogens with two attached hydrogens (primary N) is 1. The van der Waals surface area contributed by atoms with Crippen LogP contribution in [0.25, 0.3) is 0 Å². The van der Waals surface area contributed by atoms with E-state index < -0.39 is 0 Å². The van der Waals surface area contributed by atoms with Gasteiger partial charge < -0.3 is 10.5 Å². The number of aryl methyl sites for hydroxylation is 1. The summed E-state index contributed by atoms with van der Waals surface area (Å²) in [6.07, 6.45) is 9.10. The SMILES string of the molecule is CCCCCc1ccc(C(=O)OC)c(N)c1CCCCC. The monoisotopic (exact) mass is 291 g/mol. The number of anilines is 1. The maximum Gasteiger partial charge on any atom is 0.339 e. The number of ether oxygens (including phenoxy) is 1. The van der Waals surface area contributed by atoms with Crippen molar-refractivity contribution in [2.24, 2.45) is 0 Å². The van der Waals surface area contributed by atoms with Crippen LogP contribution in [0.1, 0.15) is 73.9 Å². The molecule has 118 valence electrons. The Morgan fingerprint density at radius 3 is 2.24 bits per heavy atom. The molecule has 0 aliphatic carbocycles. The fourth-order valence-electron chi connectivity index (χ4n) is 2.64. The standard InChI is InChI=1S/C18H29NO2/c1-4-6-8-10-14-12-13-16(18(20)21-3)17(19)15(14)11-9-7-5-2/h12-13H,4-11,19H2,1-3H3. The summed E-state index contributed by atoms with van der Waals surface area (Å²) in [7, 11) is 1.40. The number of benzene rings is 1. The van der Waals surface area contributed by atoms with Crippen molar-refractivity contribution in [2.75, 3.05) is 12.8 Å². The molecule has 0 saturated heterocycles. The van der Waals surface area contributed by atoms with Gasteiger partial charge in [0.15, 0.2) is 0 Å². The van der Waals surface area contributed by atoms with Crippen molar-refractivity contribution >= 4 is 11.7 Å². The molecule has 0 aliphatic heterocycles. The molecule has 0 radical (unpaired) electrons. The van der Waals surface area contributed by atoms with Crippen molar-refractivity contribution < 1.29 is 9.53 Å². The van der Waals surface area contributed by atoms with E-state index >= 15 is 0 Å². The molecule has 0 fully saturated rings. The maximum absolute atomic E-state index is 11.8. The van der Waals surface area contributed by atoms with Crippen LogP contribution >= 0.6 is 0 Å². The van der Waals surface area contributed by atoms with Gasteiger partial charge in [-0.3, -0.25) is 0 Å². The van der Waals surface area contributed by atoms with Gasteiger partial charge in [0.05, 0.1) is 12.7 Å². The Balaban J connectivity index is 3.00. The van der Waals surface area contributed by atoms with Crippen LogP contribution < -0.4 is 5.73 Å². The summed E-state index contributed by atoms with van der Waals surface area (Å²) < 4.78 is 4.82. The number of unbranched alkanes of at least 4 members (excludes halogenated alkanes) is 4. The highest BCUT2D eigenvalue weighted by atomic mass is 16.5. The van der Waals surface area contributed by atoms with Crippen molar-refractivity contribution in [1.29, 1.82) is 0 Å². The number of carbonyl (C=O) groups excluding carboxylic acids is 1. The van der Waals surface area contributed by atoms with Gasteiger partial charge in [0, 0.05) is 5.69 Å². The molecular weight excluding hydrogens is 262 g/mol. The first-order chi connectivity index (χ1) is 10.2. The average molecular weight is 291 g/mol. The minimum Gasteiger partial charge on any atom is -0.465 e. The Hall–Kier alpha value is -1.51. The summed E-state index contributed by atoms with van der Waals surface area (Å²) in [4.78, 5) is 11.8. The minimum atomic E-state index is -0.343. The Morgan fingerprint density at radius 1 is 1.05 bits per heavy atom. The molecule has 21 heavy (non-hydrogen) atoms. The first-order valence-electron chi connectivity index (χ1n) is 8.14. The van der Waals surface area contributed by atoms with E-state index in [-0.39, 0.29) is 5.97 Å². The summed E-state index contributed by atoms with van der Waals surface area (Å²) in [5.41, 5.74) is 9.82. The van der Waals surface area contributed by atoms with Crippen molar-refractivity contribution in [1.82, 2.24) is 0 Å². The van der Waals surface area contributed by atoms with Gasteiger partial charge in [0.1, 0.15) is 0 Å². The molecule has 0 heterocycles. The molecule has 1 aromatic carbocycles. The Kier molecular flexibility index (Phi) is 7.88. The number of hydrogen-bond donors (Lipinski definition) is 1. The van der Waals surface area contributed by atoms with Crippen LogP contribution in [0, 0.1) is 0 Å². The zero-order chi connectivity index (χ0) is 15.7. The predicted molar refractivity (Wildman–Crippen MR) is 88.7 cm³/mol. The van der Waals surface area contributed by atoms with Gasteiger partial charge in [-0.05, 0) is 42.9 Å². The highest BCUT2D eigenvalue weighted by Gasteiger charge is 2.16. The molecule has 0 saturated carbocycles. The fourth-order valence-corrected chi connectivity index (χ4v) is 2.64. The Morgan fingerprint density at radius 2 is 1.67 bits per heavy atom. The third-order valence-electron chi connectivity index (χ3n) is 3.94. The Labute approximate surface area is 128 Å². The van der Waals surface area contributed by atoms with E-state index in [0.717, 1.165) is 24.8 Å². The quantitative estimate of drug-likeness (QED) is 0.413. The van der Waals surface area contributed by atoms with E-state index in [4.69, 9.17) is 10.5 Å². The van der Waals surface area contributed by atoms with E-state index in [9.17, 15) is 4.79 Å². The molecule has 0 aliphatic rings. The lowest BCUT2D eigenvalue weighted by Crippen LogP contribution is -2.10. The van der Waals surface area contributed by atoms with E-state index in [1.807, 2.05) is 6.07 Å². The predicted octanol–water partition coefficient (Wildman–Crippen LogP) is 4.52. The van der Waals surface area contributed by atoms with Gasteiger partial charge in [-0.15, -0.1) is 0 Å². The third kappa shape index (κ3) is 5.07. The van der Waals surface area contributed by atoms with Crippen LogP contribution in [-0.4, -0.2) is 13.1 Å². The summed E-state index contributed by atoms with van der Waals surface area (Å²) in [6.45, 7) is 4.40. The third-order valence-corrected chi connectivity index (χ3v) is 3.94. The van der Waals surface area contributed by atoms with Crippen molar-refractivity contribution in [3.8, 4) is 0 Å². The Bertz CT molecular complexity index is 455. The van der Waals surface area contributed by atoms with E-state index in [1.54, 1.807) is 0 Å². The first kappa shape index (κ1) is 17.5. The fraction of sp³-hybridized carbons (Fsp3) is 0.611. The second kappa shape index (κ2) is 9.43. The minimum absolute atomic E-state index is 0.343. The van der Waals surface area contributed by atoms with Gasteiger partial charge in [0.2, 0.25) is 0 Å². The van der Waals surface area contributed by atoms with Gasteiger partial charge >= 0.3 is 5.97 Å².